The minimum atomic E-state index is -0.369. The Labute approximate surface area is 99.0 Å². The quantitative estimate of drug-likeness (QED) is 0.648. The first-order chi connectivity index (χ1) is 7.69. The lowest BCUT2D eigenvalue weighted by Crippen LogP contribution is -1.92. The van der Waals surface area contributed by atoms with E-state index < -0.39 is 0 Å². The van der Waals surface area contributed by atoms with E-state index >= 15 is 0 Å². The maximum atomic E-state index is 13.6. The molecule has 0 amide bonds. The van der Waals surface area contributed by atoms with Crippen molar-refractivity contribution in [3.05, 3.63) is 46.2 Å². The lowest BCUT2D eigenvalue weighted by atomic mass is 9.97. The van der Waals surface area contributed by atoms with Gasteiger partial charge in [0.2, 0.25) is 0 Å². The minimum Gasteiger partial charge on any atom is -0.206 e. The van der Waals surface area contributed by atoms with Gasteiger partial charge >= 0.3 is 0 Å². The number of fused-ring (bicyclic) bond motifs is 1. The summed E-state index contributed by atoms with van der Waals surface area (Å²) in [5.41, 5.74) is 1.32. The maximum absolute atomic E-state index is 13.6. The van der Waals surface area contributed by atoms with Gasteiger partial charge in [-0.3, -0.25) is 0 Å². The van der Waals surface area contributed by atoms with Crippen LogP contribution >= 0.6 is 11.6 Å². The summed E-state index contributed by atoms with van der Waals surface area (Å²) in [5.74, 6) is 2.04. The summed E-state index contributed by atoms with van der Waals surface area (Å²) in [7, 11) is 0. The van der Waals surface area contributed by atoms with Crippen molar-refractivity contribution >= 4 is 22.4 Å². The number of hydrogen-bond acceptors (Lipinski definition) is 0. The number of rotatable bonds is 1. The summed E-state index contributed by atoms with van der Waals surface area (Å²) < 4.78 is 13.6. The molecule has 2 aromatic carbocycles. The molecule has 2 heteroatoms. The van der Waals surface area contributed by atoms with Crippen molar-refractivity contribution in [2.24, 2.45) is 0 Å². The molecule has 0 spiro atoms. The average molecular weight is 233 g/mol. The molecule has 0 aliphatic heterocycles. The number of benzene rings is 2. The lowest BCUT2D eigenvalue weighted by molar-refractivity contribution is 0.626. The van der Waals surface area contributed by atoms with E-state index in [0.717, 1.165) is 22.8 Å². The third kappa shape index (κ3) is 1.56. The van der Waals surface area contributed by atoms with Crippen molar-refractivity contribution < 1.29 is 4.39 Å². The minimum absolute atomic E-state index is 0.303. The van der Waals surface area contributed by atoms with Crippen molar-refractivity contribution in [1.29, 1.82) is 0 Å². The van der Waals surface area contributed by atoms with Gasteiger partial charge in [0.15, 0.2) is 0 Å². The monoisotopic (exact) mass is 232 g/mol. The fourth-order valence-corrected chi connectivity index (χ4v) is 2.11. The number of terminal acetylenes is 1. The van der Waals surface area contributed by atoms with Crippen LogP contribution in [0.3, 0.4) is 0 Å². The Kier molecular flexibility index (Phi) is 2.85. The SMILES string of the molecule is C#Cc1c(F)ccc2c(Cl)ccc(CC)c12. The maximum Gasteiger partial charge on any atom is 0.139 e. The van der Waals surface area contributed by atoms with Crippen LogP contribution < -0.4 is 0 Å². The van der Waals surface area contributed by atoms with Crippen LogP contribution in [0, 0.1) is 18.2 Å². The molecular formula is C14H10ClF. The highest BCUT2D eigenvalue weighted by molar-refractivity contribution is 6.35. The van der Waals surface area contributed by atoms with Crippen molar-refractivity contribution in [3.8, 4) is 12.3 Å². The predicted octanol–water partition coefficient (Wildman–Crippen LogP) is 4.18. The highest BCUT2D eigenvalue weighted by Crippen LogP contribution is 2.30. The summed E-state index contributed by atoms with van der Waals surface area (Å²) in [5, 5.41) is 2.18. The van der Waals surface area contributed by atoms with E-state index in [9.17, 15) is 4.39 Å². The zero-order valence-corrected chi connectivity index (χ0v) is 9.61. The standard InChI is InChI=1S/C14H10ClF/c1-3-9-5-7-12(15)11-6-8-13(16)10(4-2)14(9)11/h2,5-8H,3H2,1H3. The van der Waals surface area contributed by atoms with Gasteiger partial charge in [-0.2, -0.15) is 0 Å². The normalized spacial score (nSPS) is 10.4. The molecule has 0 saturated carbocycles. The van der Waals surface area contributed by atoms with Crippen LogP contribution in [-0.4, -0.2) is 0 Å². The van der Waals surface area contributed by atoms with Gasteiger partial charge in [0, 0.05) is 15.8 Å². The fraction of sp³-hybridized carbons (Fsp3) is 0.143. The number of halogens is 2. The first kappa shape index (κ1) is 11.0. The molecule has 0 aliphatic carbocycles. The van der Waals surface area contributed by atoms with Crippen LogP contribution in [0.2, 0.25) is 5.02 Å². The molecule has 0 aliphatic rings. The second-order valence-electron chi connectivity index (χ2n) is 3.55. The van der Waals surface area contributed by atoms with Gasteiger partial charge in [0.05, 0.1) is 5.56 Å². The second-order valence-corrected chi connectivity index (χ2v) is 3.96. The summed E-state index contributed by atoms with van der Waals surface area (Å²) >= 11 is 6.08. The molecule has 16 heavy (non-hydrogen) atoms. The Hall–Kier alpha value is -1.52. The van der Waals surface area contributed by atoms with Crippen molar-refractivity contribution in [3.63, 3.8) is 0 Å². The summed E-state index contributed by atoms with van der Waals surface area (Å²) in [6.45, 7) is 2.01. The molecule has 0 heterocycles. The highest BCUT2D eigenvalue weighted by Gasteiger charge is 2.11. The molecule has 2 rings (SSSR count). The van der Waals surface area contributed by atoms with E-state index in [1.807, 2.05) is 19.1 Å². The molecule has 0 unspecified atom stereocenters. The van der Waals surface area contributed by atoms with Gasteiger partial charge in [0.25, 0.3) is 0 Å². The lowest BCUT2D eigenvalue weighted by Gasteiger charge is -2.09. The van der Waals surface area contributed by atoms with E-state index in [4.69, 9.17) is 18.0 Å². The van der Waals surface area contributed by atoms with Gasteiger partial charge in [-0.1, -0.05) is 30.5 Å². The molecule has 0 atom stereocenters. The van der Waals surface area contributed by atoms with E-state index in [1.54, 1.807) is 6.07 Å². The first-order valence-corrected chi connectivity index (χ1v) is 5.43. The Balaban J connectivity index is 3.01. The Morgan fingerprint density at radius 2 is 2.06 bits per heavy atom. The highest BCUT2D eigenvalue weighted by atomic mass is 35.5. The van der Waals surface area contributed by atoms with Crippen LogP contribution in [0.4, 0.5) is 4.39 Å². The van der Waals surface area contributed by atoms with E-state index in [1.165, 1.54) is 6.07 Å². The molecule has 0 N–H and O–H groups in total. The smallest absolute Gasteiger partial charge is 0.139 e. The van der Waals surface area contributed by atoms with Crippen molar-refractivity contribution in [2.75, 3.05) is 0 Å². The zero-order valence-electron chi connectivity index (χ0n) is 8.85. The van der Waals surface area contributed by atoms with Gasteiger partial charge in [-0.15, -0.1) is 6.42 Å². The van der Waals surface area contributed by atoms with Gasteiger partial charge < -0.3 is 0 Å². The Bertz CT molecular complexity index is 594. The Morgan fingerprint density at radius 1 is 1.31 bits per heavy atom. The third-order valence-corrected chi connectivity index (χ3v) is 3.02. The van der Waals surface area contributed by atoms with Crippen molar-refractivity contribution in [2.45, 2.75) is 13.3 Å². The Morgan fingerprint density at radius 3 is 2.69 bits per heavy atom. The van der Waals surface area contributed by atoms with Crippen molar-refractivity contribution in [1.82, 2.24) is 0 Å². The van der Waals surface area contributed by atoms with Gasteiger partial charge in [0.1, 0.15) is 5.82 Å². The van der Waals surface area contributed by atoms with Crippen LogP contribution in [0.25, 0.3) is 10.8 Å². The molecule has 80 valence electrons. The average Bonchev–Trinajstić information content (AvgIpc) is 2.29. The number of hydrogen-bond donors (Lipinski definition) is 0. The summed E-state index contributed by atoms with van der Waals surface area (Å²) in [6, 6.07) is 6.75. The molecule has 2 aromatic rings. The van der Waals surface area contributed by atoms with E-state index in [0.29, 0.717) is 10.6 Å². The fourth-order valence-electron chi connectivity index (χ4n) is 1.89. The second kappa shape index (κ2) is 4.15. The van der Waals surface area contributed by atoms with Crippen LogP contribution in [-0.2, 0) is 6.42 Å². The van der Waals surface area contributed by atoms with Crippen LogP contribution in [0.1, 0.15) is 18.1 Å². The van der Waals surface area contributed by atoms with E-state index in [-0.39, 0.29) is 5.82 Å². The van der Waals surface area contributed by atoms with Gasteiger partial charge in [-0.05, 0) is 30.2 Å². The first-order valence-electron chi connectivity index (χ1n) is 5.05. The summed E-state index contributed by atoms with van der Waals surface area (Å²) in [4.78, 5) is 0. The molecule has 0 bridgehead atoms. The number of aryl methyl sites for hydroxylation is 1. The van der Waals surface area contributed by atoms with Gasteiger partial charge in [-0.25, -0.2) is 4.39 Å². The summed E-state index contributed by atoms with van der Waals surface area (Å²) in [6.07, 6.45) is 6.15. The van der Waals surface area contributed by atoms with E-state index in [2.05, 4.69) is 5.92 Å². The van der Waals surface area contributed by atoms with Crippen LogP contribution in [0.5, 0.6) is 0 Å². The predicted molar refractivity (Wildman–Crippen MR) is 66.2 cm³/mol. The molecule has 0 saturated heterocycles. The van der Waals surface area contributed by atoms with Crippen LogP contribution in [0.15, 0.2) is 24.3 Å². The topological polar surface area (TPSA) is 0 Å². The largest absolute Gasteiger partial charge is 0.206 e. The third-order valence-electron chi connectivity index (χ3n) is 2.69. The molecule has 0 fully saturated rings. The molecule has 0 aromatic heterocycles. The zero-order chi connectivity index (χ0) is 11.7. The molecule has 0 nitrogen and oxygen atoms in total. The molecule has 0 radical (unpaired) electrons. The molecular weight excluding hydrogens is 223 g/mol.